The van der Waals surface area contributed by atoms with E-state index >= 15 is 0 Å². The zero-order chi connectivity index (χ0) is 8.15. The highest BCUT2D eigenvalue weighted by molar-refractivity contribution is 5.73. The summed E-state index contributed by atoms with van der Waals surface area (Å²) in [6.45, 7) is 0.225. The molecular weight excluding hydrogens is 134 g/mol. The van der Waals surface area contributed by atoms with Crippen molar-refractivity contribution in [2.45, 2.75) is 6.04 Å². The Hall–Kier alpha value is -0.610. The molecule has 0 saturated carbocycles. The summed E-state index contributed by atoms with van der Waals surface area (Å²) in [5, 5.41) is 8.55. The lowest BCUT2D eigenvalue weighted by Crippen LogP contribution is -2.39. The van der Waals surface area contributed by atoms with E-state index in [0.717, 1.165) is 0 Å². The predicted octanol–water partition coefficient (Wildman–Crippen LogP) is -0.352. The molecule has 1 atom stereocenters. The maximum atomic E-state index is 10.4. The van der Waals surface area contributed by atoms with Crippen molar-refractivity contribution in [3.8, 4) is 0 Å². The van der Waals surface area contributed by atoms with Gasteiger partial charge in [-0.25, -0.2) is 0 Å². The Labute approximate surface area is 60.4 Å². The molecule has 0 aromatic carbocycles. The van der Waals surface area contributed by atoms with Gasteiger partial charge in [0.05, 0.1) is 6.61 Å². The van der Waals surface area contributed by atoms with Gasteiger partial charge in [-0.1, -0.05) is 0 Å². The van der Waals surface area contributed by atoms with Gasteiger partial charge in [-0.05, 0) is 14.1 Å². The molecule has 0 unspecified atom stereocenters. The number of hydrogen-bond donors (Lipinski definition) is 1. The minimum atomic E-state index is -0.855. The molecule has 0 aliphatic heterocycles. The molecule has 0 amide bonds. The van der Waals surface area contributed by atoms with Gasteiger partial charge in [-0.2, -0.15) is 0 Å². The number of ether oxygens (including phenoxy) is 1. The van der Waals surface area contributed by atoms with E-state index in [1.54, 1.807) is 19.0 Å². The van der Waals surface area contributed by atoms with Crippen LogP contribution in [0.1, 0.15) is 0 Å². The molecule has 0 aromatic heterocycles. The molecule has 0 heterocycles. The van der Waals surface area contributed by atoms with Crippen LogP contribution in [0.15, 0.2) is 0 Å². The number of nitrogens with zero attached hydrogens (tertiary/aromatic N) is 1. The quantitative estimate of drug-likeness (QED) is 0.590. The molecule has 0 aromatic rings. The Morgan fingerprint density at radius 2 is 2.20 bits per heavy atom. The van der Waals surface area contributed by atoms with Crippen molar-refractivity contribution in [2.75, 3.05) is 27.8 Å². The van der Waals surface area contributed by atoms with E-state index in [1.807, 2.05) is 0 Å². The van der Waals surface area contributed by atoms with E-state index in [4.69, 9.17) is 9.84 Å². The zero-order valence-electron chi connectivity index (χ0n) is 6.50. The summed E-state index contributed by atoms with van der Waals surface area (Å²) in [6.07, 6.45) is 0. The highest BCUT2D eigenvalue weighted by Gasteiger charge is 2.18. The second kappa shape index (κ2) is 4.24. The van der Waals surface area contributed by atoms with Gasteiger partial charge in [0, 0.05) is 7.11 Å². The fraction of sp³-hybridized carbons (Fsp3) is 0.833. The average Bonchev–Trinajstić information content (AvgIpc) is 1.81. The number of carbonyl (C=O) groups is 1. The van der Waals surface area contributed by atoms with E-state index in [0.29, 0.717) is 0 Å². The molecule has 0 rings (SSSR count). The monoisotopic (exact) mass is 147 g/mol. The lowest BCUT2D eigenvalue weighted by molar-refractivity contribution is -0.144. The first-order valence-electron chi connectivity index (χ1n) is 2.97. The molecule has 10 heavy (non-hydrogen) atoms. The van der Waals surface area contributed by atoms with Gasteiger partial charge in [-0.15, -0.1) is 0 Å². The number of methoxy groups -OCH3 is 1. The molecule has 0 saturated heterocycles. The predicted molar refractivity (Wildman–Crippen MR) is 37.0 cm³/mol. The summed E-state index contributed by atoms with van der Waals surface area (Å²) in [7, 11) is 4.90. The number of likely N-dealkylation sites (N-methyl/N-ethyl adjacent to an activating group) is 1. The van der Waals surface area contributed by atoms with Gasteiger partial charge in [0.1, 0.15) is 6.04 Å². The zero-order valence-corrected chi connectivity index (χ0v) is 6.50. The number of hydrogen-bond acceptors (Lipinski definition) is 3. The number of aliphatic carboxylic acids is 1. The molecule has 4 nitrogen and oxygen atoms in total. The highest BCUT2D eigenvalue weighted by Crippen LogP contribution is 1.92. The Bertz CT molecular complexity index is 114. The maximum absolute atomic E-state index is 10.4. The van der Waals surface area contributed by atoms with Crippen LogP contribution < -0.4 is 0 Å². The Kier molecular flexibility index (Phi) is 3.99. The number of rotatable bonds is 4. The fourth-order valence-electron chi connectivity index (χ4n) is 0.599. The smallest absolute Gasteiger partial charge is 0.323 e. The largest absolute Gasteiger partial charge is 0.480 e. The maximum Gasteiger partial charge on any atom is 0.323 e. The third kappa shape index (κ3) is 2.80. The van der Waals surface area contributed by atoms with Gasteiger partial charge < -0.3 is 9.84 Å². The van der Waals surface area contributed by atoms with Crippen LogP contribution in [-0.2, 0) is 9.53 Å². The van der Waals surface area contributed by atoms with Gasteiger partial charge in [-0.3, -0.25) is 9.69 Å². The average molecular weight is 147 g/mol. The van der Waals surface area contributed by atoms with Gasteiger partial charge in [0.2, 0.25) is 0 Å². The standard InChI is InChI=1S/C6H13NO3/c1-7(2)5(4-10-3)6(8)9/h5H,4H2,1-3H3,(H,8,9)/t5-/m0/s1. The molecule has 4 heteroatoms. The van der Waals surface area contributed by atoms with Crippen LogP contribution in [0.3, 0.4) is 0 Å². The highest BCUT2D eigenvalue weighted by atomic mass is 16.5. The second-order valence-corrected chi connectivity index (χ2v) is 2.27. The molecule has 0 aliphatic carbocycles. The summed E-state index contributed by atoms with van der Waals surface area (Å²) in [5.74, 6) is -0.855. The van der Waals surface area contributed by atoms with Crippen molar-refractivity contribution < 1.29 is 14.6 Å². The van der Waals surface area contributed by atoms with Crippen LogP contribution in [0.4, 0.5) is 0 Å². The molecule has 0 aliphatic rings. The second-order valence-electron chi connectivity index (χ2n) is 2.27. The number of carboxylic acid groups (broad SMARTS) is 1. The minimum Gasteiger partial charge on any atom is -0.480 e. The molecular formula is C6H13NO3. The fourth-order valence-corrected chi connectivity index (χ4v) is 0.599. The Balaban J connectivity index is 3.85. The van der Waals surface area contributed by atoms with Crippen molar-refractivity contribution in [3.05, 3.63) is 0 Å². The van der Waals surface area contributed by atoms with E-state index in [-0.39, 0.29) is 6.61 Å². The van der Waals surface area contributed by atoms with Gasteiger partial charge in [0.25, 0.3) is 0 Å². The van der Waals surface area contributed by atoms with Gasteiger partial charge in [0.15, 0.2) is 0 Å². The van der Waals surface area contributed by atoms with E-state index in [2.05, 4.69) is 0 Å². The molecule has 1 N–H and O–H groups in total. The van der Waals surface area contributed by atoms with Gasteiger partial charge >= 0.3 is 5.97 Å². The van der Waals surface area contributed by atoms with Crippen molar-refractivity contribution in [3.63, 3.8) is 0 Å². The normalized spacial score (nSPS) is 13.6. The summed E-state index contributed by atoms with van der Waals surface area (Å²) in [5.41, 5.74) is 0. The third-order valence-electron chi connectivity index (χ3n) is 1.23. The summed E-state index contributed by atoms with van der Waals surface area (Å²) < 4.78 is 4.70. The molecule has 0 bridgehead atoms. The van der Waals surface area contributed by atoms with Crippen LogP contribution in [0.2, 0.25) is 0 Å². The molecule has 0 radical (unpaired) electrons. The van der Waals surface area contributed by atoms with Crippen molar-refractivity contribution in [2.24, 2.45) is 0 Å². The molecule has 60 valence electrons. The van der Waals surface area contributed by atoms with E-state index in [9.17, 15) is 4.79 Å². The van der Waals surface area contributed by atoms with Crippen LogP contribution in [0.5, 0.6) is 0 Å². The van der Waals surface area contributed by atoms with Crippen molar-refractivity contribution >= 4 is 5.97 Å². The Morgan fingerprint density at radius 1 is 1.70 bits per heavy atom. The lowest BCUT2D eigenvalue weighted by Gasteiger charge is -2.18. The summed E-state index contributed by atoms with van der Waals surface area (Å²) in [6, 6.07) is -0.537. The van der Waals surface area contributed by atoms with Crippen LogP contribution >= 0.6 is 0 Å². The van der Waals surface area contributed by atoms with Crippen LogP contribution in [0, 0.1) is 0 Å². The third-order valence-corrected chi connectivity index (χ3v) is 1.23. The van der Waals surface area contributed by atoms with Crippen LogP contribution in [0.25, 0.3) is 0 Å². The minimum absolute atomic E-state index is 0.225. The topological polar surface area (TPSA) is 49.8 Å². The SMILES string of the molecule is COC[C@@H](C(=O)O)N(C)C. The number of carboxylic acids is 1. The van der Waals surface area contributed by atoms with Crippen molar-refractivity contribution in [1.82, 2.24) is 4.90 Å². The van der Waals surface area contributed by atoms with E-state index < -0.39 is 12.0 Å². The van der Waals surface area contributed by atoms with Crippen molar-refractivity contribution in [1.29, 1.82) is 0 Å². The first kappa shape index (κ1) is 9.39. The molecule has 0 fully saturated rings. The summed E-state index contributed by atoms with van der Waals surface area (Å²) >= 11 is 0. The van der Waals surface area contributed by atoms with Crippen LogP contribution in [-0.4, -0.2) is 49.8 Å². The first-order chi connectivity index (χ1) is 4.59. The summed E-state index contributed by atoms with van der Waals surface area (Å²) in [4.78, 5) is 12.0. The van der Waals surface area contributed by atoms with E-state index in [1.165, 1.54) is 7.11 Å². The Morgan fingerprint density at radius 3 is 2.30 bits per heavy atom. The molecule has 0 spiro atoms. The lowest BCUT2D eigenvalue weighted by atomic mass is 10.3. The first-order valence-corrected chi connectivity index (χ1v) is 2.97.